The highest BCUT2D eigenvalue weighted by Gasteiger charge is 2.19. The van der Waals surface area contributed by atoms with Crippen LogP contribution < -0.4 is 0 Å². The van der Waals surface area contributed by atoms with E-state index in [1.54, 1.807) is 25.2 Å². The van der Waals surface area contributed by atoms with Gasteiger partial charge in [0.1, 0.15) is 0 Å². The molecule has 0 aliphatic heterocycles. The van der Waals surface area contributed by atoms with Crippen molar-refractivity contribution in [3.05, 3.63) is 36.0 Å². The average Bonchev–Trinajstić information content (AvgIpc) is 2.08. The molecule has 0 amide bonds. The Morgan fingerprint density at radius 3 is 2.57 bits per heavy atom. The highest BCUT2D eigenvalue weighted by Crippen LogP contribution is 2.24. The molecule has 0 saturated heterocycles. The standard InChI is InChI=1S/C11H13NOS/c1-10(13)5-6-11(2,14)4-3-9(7-10)8-12/h3-7,13-14H,1-2H3/b4-3-,6-5-,9-7+. The topological polar surface area (TPSA) is 44.0 Å². The quantitative estimate of drug-likeness (QED) is 0.471. The molecule has 0 bridgehead atoms. The van der Waals surface area contributed by atoms with Crippen LogP contribution in [-0.2, 0) is 0 Å². The molecule has 0 aromatic heterocycles. The number of thiol groups is 1. The van der Waals surface area contributed by atoms with E-state index >= 15 is 0 Å². The average molecular weight is 207 g/mol. The number of allylic oxidation sites excluding steroid dienone is 2. The van der Waals surface area contributed by atoms with E-state index in [0.29, 0.717) is 5.57 Å². The van der Waals surface area contributed by atoms with E-state index < -0.39 is 10.3 Å². The zero-order chi connectivity index (χ0) is 10.8. The summed E-state index contributed by atoms with van der Waals surface area (Å²) >= 11 is 4.37. The van der Waals surface area contributed by atoms with Gasteiger partial charge in [0.2, 0.25) is 0 Å². The second-order valence-electron chi connectivity index (χ2n) is 3.83. The third-order valence-electron chi connectivity index (χ3n) is 1.94. The van der Waals surface area contributed by atoms with E-state index in [4.69, 9.17) is 5.26 Å². The molecule has 0 saturated carbocycles. The lowest BCUT2D eigenvalue weighted by molar-refractivity contribution is 0.163. The summed E-state index contributed by atoms with van der Waals surface area (Å²) in [5.41, 5.74) is -0.639. The van der Waals surface area contributed by atoms with Gasteiger partial charge in [-0.25, -0.2) is 0 Å². The molecule has 1 N–H and O–H groups in total. The van der Waals surface area contributed by atoms with Crippen LogP contribution in [0.3, 0.4) is 0 Å². The van der Waals surface area contributed by atoms with E-state index in [1.165, 1.54) is 6.08 Å². The van der Waals surface area contributed by atoms with Crippen molar-refractivity contribution in [2.75, 3.05) is 0 Å². The normalized spacial score (nSPS) is 45.2. The first kappa shape index (κ1) is 11.1. The molecule has 0 spiro atoms. The van der Waals surface area contributed by atoms with Gasteiger partial charge in [-0.2, -0.15) is 17.9 Å². The first-order chi connectivity index (χ1) is 6.35. The monoisotopic (exact) mass is 207 g/mol. The number of nitrogens with zero attached hydrogens (tertiary/aromatic N) is 1. The van der Waals surface area contributed by atoms with Crippen LogP contribution in [0, 0.1) is 11.3 Å². The van der Waals surface area contributed by atoms with Crippen LogP contribution in [0.2, 0.25) is 0 Å². The largest absolute Gasteiger partial charge is 0.382 e. The second kappa shape index (κ2) is 3.64. The summed E-state index contributed by atoms with van der Waals surface area (Å²) in [6.45, 7) is 3.52. The Balaban J connectivity index is 3.19. The maximum Gasteiger partial charge on any atom is 0.0996 e. The summed E-state index contributed by atoms with van der Waals surface area (Å²) < 4.78 is -0.430. The van der Waals surface area contributed by atoms with E-state index in [2.05, 4.69) is 12.6 Å². The van der Waals surface area contributed by atoms with E-state index in [9.17, 15) is 5.11 Å². The fourth-order valence-corrected chi connectivity index (χ4v) is 1.28. The van der Waals surface area contributed by atoms with Gasteiger partial charge < -0.3 is 5.11 Å². The fraction of sp³-hybridized carbons (Fsp3) is 0.364. The molecule has 2 atom stereocenters. The summed E-state index contributed by atoms with van der Waals surface area (Å²) in [5.74, 6) is 0. The van der Waals surface area contributed by atoms with Crippen molar-refractivity contribution in [3.63, 3.8) is 0 Å². The molecule has 0 aromatic rings. The number of aliphatic hydroxyl groups is 1. The molecule has 74 valence electrons. The summed E-state index contributed by atoms with van der Waals surface area (Å²) in [5, 5.41) is 18.6. The van der Waals surface area contributed by atoms with Gasteiger partial charge in [0.25, 0.3) is 0 Å². The number of hydrogen-bond donors (Lipinski definition) is 2. The summed E-state index contributed by atoms with van der Waals surface area (Å²) in [4.78, 5) is 0. The lowest BCUT2D eigenvalue weighted by atomic mass is 9.96. The number of nitriles is 1. The predicted octanol–water partition coefficient (Wildman–Crippen LogP) is 2.00. The second-order valence-corrected chi connectivity index (χ2v) is 4.79. The molecule has 2 unspecified atom stereocenters. The minimum absolute atomic E-state index is 0.430. The molecule has 0 radical (unpaired) electrons. The van der Waals surface area contributed by atoms with Gasteiger partial charge in [0.05, 0.1) is 17.2 Å². The van der Waals surface area contributed by atoms with Crippen molar-refractivity contribution in [1.82, 2.24) is 0 Å². The Morgan fingerprint density at radius 2 is 2.00 bits per heavy atom. The molecule has 1 aliphatic rings. The van der Waals surface area contributed by atoms with Crippen molar-refractivity contribution in [2.24, 2.45) is 0 Å². The van der Waals surface area contributed by atoms with Crippen LogP contribution in [0.15, 0.2) is 36.0 Å². The Kier molecular flexibility index (Phi) is 2.89. The maximum absolute atomic E-state index is 9.83. The fourth-order valence-electron chi connectivity index (χ4n) is 1.13. The first-order valence-electron chi connectivity index (χ1n) is 4.32. The van der Waals surface area contributed by atoms with Gasteiger partial charge in [-0.1, -0.05) is 18.2 Å². The van der Waals surface area contributed by atoms with Crippen LogP contribution >= 0.6 is 12.6 Å². The number of rotatable bonds is 0. The molecule has 0 fully saturated rings. The Bertz CT molecular complexity index is 356. The van der Waals surface area contributed by atoms with Crippen molar-refractivity contribution in [2.45, 2.75) is 24.2 Å². The molecule has 0 heterocycles. The lowest BCUT2D eigenvalue weighted by Crippen LogP contribution is -2.21. The number of hydrogen-bond acceptors (Lipinski definition) is 3. The summed E-state index contributed by atoms with van der Waals surface area (Å²) in [6, 6.07) is 2.01. The summed E-state index contributed by atoms with van der Waals surface area (Å²) in [7, 11) is 0. The molecule has 0 aromatic carbocycles. The van der Waals surface area contributed by atoms with E-state index in [1.807, 2.05) is 19.1 Å². The van der Waals surface area contributed by atoms with Crippen molar-refractivity contribution >= 4 is 12.6 Å². The van der Waals surface area contributed by atoms with Gasteiger partial charge in [-0.05, 0) is 26.0 Å². The van der Waals surface area contributed by atoms with Gasteiger partial charge in [0, 0.05) is 4.75 Å². The van der Waals surface area contributed by atoms with Gasteiger partial charge in [0.15, 0.2) is 0 Å². The first-order valence-corrected chi connectivity index (χ1v) is 4.77. The van der Waals surface area contributed by atoms with E-state index in [-0.39, 0.29) is 0 Å². The van der Waals surface area contributed by atoms with Gasteiger partial charge in [-0.15, -0.1) is 0 Å². The summed E-state index contributed by atoms with van der Waals surface area (Å²) in [6.07, 6.45) is 8.45. The van der Waals surface area contributed by atoms with Gasteiger partial charge >= 0.3 is 0 Å². The molecule has 1 rings (SSSR count). The molecule has 3 heteroatoms. The highest BCUT2D eigenvalue weighted by molar-refractivity contribution is 7.82. The third-order valence-corrected chi connectivity index (χ3v) is 2.23. The van der Waals surface area contributed by atoms with Gasteiger partial charge in [-0.3, -0.25) is 0 Å². The predicted molar refractivity (Wildman–Crippen MR) is 60.0 cm³/mol. The SMILES string of the molecule is CC1(S)/C=C\C(C#N)=C/C(C)(O)/C=C\1. The Hall–Kier alpha value is -0.980. The van der Waals surface area contributed by atoms with Crippen LogP contribution in [0.5, 0.6) is 0 Å². The van der Waals surface area contributed by atoms with Crippen LogP contribution in [-0.4, -0.2) is 15.5 Å². The van der Waals surface area contributed by atoms with Crippen LogP contribution in [0.25, 0.3) is 0 Å². The molecular weight excluding hydrogens is 194 g/mol. The Labute approximate surface area is 89.7 Å². The molecule has 2 nitrogen and oxygen atoms in total. The third kappa shape index (κ3) is 3.06. The molecular formula is C11H13NOS. The van der Waals surface area contributed by atoms with Crippen molar-refractivity contribution in [3.8, 4) is 6.07 Å². The zero-order valence-electron chi connectivity index (χ0n) is 8.23. The lowest BCUT2D eigenvalue weighted by Gasteiger charge is -2.21. The highest BCUT2D eigenvalue weighted by atomic mass is 32.1. The molecule has 14 heavy (non-hydrogen) atoms. The van der Waals surface area contributed by atoms with Crippen molar-refractivity contribution < 1.29 is 5.11 Å². The minimum Gasteiger partial charge on any atom is -0.382 e. The maximum atomic E-state index is 9.83. The minimum atomic E-state index is -1.08. The van der Waals surface area contributed by atoms with Crippen molar-refractivity contribution in [1.29, 1.82) is 5.26 Å². The zero-order valence-corrected chi connectivity index (χ0v) is 9.12. The smallest absolute Gasteiger partial charge is 0.0996 e. The molecule has 1 aliphatic carbocycles. The van der Waals surface area contributed by atoms with E-state index in [0.717, 1.165) is 0 Å². The van der Waals surface area contributed by atoms with Crippen LogP contribution in [0.1, 0.15) is 13.8 Å². The Morgan fingerprint density at radius 1 is 1.36 bits per heavy atom. The van der Waals surface area contributed by atoms with Crippen LogP contribution in [0.4, 0.5) is 0 Å².